The lowest BCUT2D eigenvalue weighted by Crippen LogP contribution is -2.38. The van der Waals surface area contributed by atoms with Crippen molar-refractivity contribution in [2.75, 3.05) is 6.61 Å². The van der Waals surface area contributed by atoms with Gasteiger partial charge in [0.05, 0.1) is 11.5 Å². The molecule has 0 amide bonds. The number of benzene rings is 1. The Bertz CT molecular complexity index is 537. The lowest BCUT2D eigenvalue weighted by molar-refractivity contribution is -0.385. The van der Waals surface area contributed by atoms with E-state index in [1.165, 1.54) is 38.1 Å². The van der Waals surface area contributed by atoms with Gasteiger partial charge in [-0.3, -0.25) is 19.7 Å². The normalized spacial score (nSPS) is 10.8. The number of esters is 2. The molecule has 1 rings (SSSR count). The number of hydrogen-bond acceptors (Lipinski definition) is 6. The summed E-state index contributed by atoms with van der Waals surface area (Å²) in [5, 5.41) is 10.8. The predicted molar refractivity (Wildman–Crippen MR) is 69.1 cm³/mol. The van der Waals surface area contributed by atoms with Crippen molar-refractivity contribution in [3.63, 3.8) is 0 Å². The predicted octanol–water partition coefficient (Wildman–Crippen LogP) is 2.09. The van der Waals surface area contributed by atoms with Gasteiger partial charge in [-0.1, -0.05) is 12.1 Å². The van der Waals surface area contributed by atoms with Crippen LogP contribution in [0.5, 0.6) is 5.75 Å². The molecule has 0 fully saturated rings. The van der Waals surface area contributed by atoms with Crippen LogP contribution in [0.15, 0.2) is 24.3 Å². The van der Waals surface area contributed by atoms with Crippen LogP contribution in [-0.4, -0.2) is 23.5 Å². The summed E-state index contributed by atoms with van der Waals surface area (Å²) in [6.45, 7) is 4.41. The molecule has 0 saturated carbocycles. The number of para-hydroxylation sites is 2. The first-order valence-corrected chi connectivity index (χ1v) is 5.93. The Kier molecular flexibility index (Phi) is 4.79. The molecule has 1 aromatic rings. The molecule has 0 bridgehead atoms. The van der Waals surface area contributed by atoms with Gasteiger partial charge in [-0.2, -0.15) is 0 Å². The van der Waals surface area contributed by atoms with Crippen LogP contribution < -0.4 is 4.74 Å². The number of ether oxygens (including phenoxy) is 2. The summed E-state index contributed by atoms with van der Waals surface area (Å²) < 4.78 is 9.73. The minimum Gasteiger partial charge on any atom is -0.465 e. The molecule has 0 aliphatic carbocycles. The zero-order valence-corrected chi connectivity index (χ0v) is 11.4. The second kappa shape index (κ2) is 6.14. The zero-order chi connectivity index (χ0) is 15.3. The molecule has 0 unspecified atom stereocenters. The monoisotopic (exact) mass is 281 g/mol. The average Bonchev–Trinajstić information content (AvgIpc) is 2.39. The zero-order valence-electron chi connectivity index (χ0n) is 11.4. The van der Waals surface area contributed by atoms with E-state index in [4.69, 9.17) is 9.47 Å². The molecule has 0 aromatic heterocycles. The first-order valence-electron chi connectivity index (χ1n) is 5.93. The summed E-state index contributed by atoms with van der Waals surface area (Å²) in [5.41, 5.74) is -1.89. The Morgan fingerprint density at radius 2 is 1.85 bits per heavy atom. The van der Waals surface area contributed by atoms with Crippen LogP contribution in [0.25, 0.3) is 0 Å². The second-order valence-electron chi connectivity index (χ2n) is 4.46. The van der Waals surface area contributed by atoms with Crippen molar-refractivity contribution in [3.05, 3.63) is 34.4 Å². The Morgan fingerprint density at radius 1 is 1.25 bits per heavy atom. The fourth-order valence-corrected chi connectivity index (χ4v) is 1.32. The maximum absolute atomic E-state index is 12.0. The molecule has 0 spiro atoms. The van der Waals surface area contributed by atoms with Gasteiger partial charge in [0.25, 0.3) is 0 Å². The Balaban J connectivity index is 2.96. The van der Waals surface area contributed by atoms with Crippen molar-refractivity contribution in [1.29, 1.82) is 0 Å². The quantitative estimate of drug-likeness (QED) is 0.269. The Labute approximate surface area is 115 Å². The minimum atomic E-state index is -1.54. The fraction of sp³-hybridized carbons (Fsp3) is 0.385. The molecular formula is C13H15NO6. The van der Waals surface area contributed by atoms with Gasteiger partial charge in [-0.05, 0) is 26.8 Å². The third kappa shape index (κ3) is 3.31. The highest BCUT2D eigenvalue weighted by Gasteiger charge is 2.40. The standard InChI is InChI=1S/C13H15NO6/c1-4-19-11(15)13(2,3)12(16)20-10-8-6-5-7-9(10)14(17)18/h5-8H,4H2,1-3H3. The van der Waals surface area contributed by atoms with E-state index in [2.05, 4.69) is 0 Å². The number of nitrogens with zero attached hydrogens (tertiary/aromatic N) is 1. The van der Waals surface area contributed by atoms with Gasteiger partial charge >= 0.3 is 17.6 Å². The highest BCUT2D eigenvalue weighted by Crippen LogP contribution is 2.29. The van der Waals surface area contributed by atoms with Gasteiger partial charge in [-0.25, -0.2) is 0 Å². The number of nitro benzene ring substituents is 1. The summed E-state index contributed by atoms with van der Waals surface area (Å²) >= 11 is 0. The van der Waals surface area contributed by atoms with E-state index in [1.807, 2.05) is 0 Å². The second-order valence-corrected chi connectivity index (χ2v) is 4.46. The van der Waals surface area contributed by atoms with Crippen molar-refractivity contribution in [2.24, 2.45) is 5.41 Å². The van der Waals surface area contributed by atoms with Crippen LogP contribution in [-0.2, 0) is 14.3 Å². The van der Waals surface area contributed by atoms with Crippen molar-refractivity contribution >= 4 is 17.6 Å². The van der Waals surface area contributed by atoms with Crippen LogP contribution in [0.2, 0.25) is 0 Å². The first-order chi connectivity index (χ1) is 9.30. The molecule has 0 saturated heterocycles. The average molecular weight is 281 g/mol. The van der Waals surface area contributed by atoms with Crippen LogP contribution in [0.3, 0.4) is 0 Å². The Morgan fingerprint density at radius 3 is 2.40 bits per heavy atom. The fourth-order valence-electron chi connectivity index (χ4n) is 1.32. The van der Waals surface area contributed by atoms with Gasteiger partial charge in [0.15, 0.2) is 5.41 Å². The third-order valence-electron chi connectivity index (χ3n) is 2.56. The number of hydrogen-bond donors (Lipinski definition) is 0. The van der Waals surface area contributed by atoms with Crippen LogP contribution in [0.4, 0.5) is 5.69 Å². The molecule has 0 aliphatic rings. The van der Waals surface area contributed by atoms with Gasteiger partial charge in [0.2, 0.25) is 5.75 Å². The van der Waals surface area contributed by atoms with E-state index < -0.39 is 22.3 Å². The van der Waals surface area contributed by atoms with Gasteiger partial charge in [0.1, 0.15) is 0 Å². The van der Waals surface area contributed by atoms with Crippen LogP contribution >= 0.6 is 0 Å². The molecule has 0 heterocycles. The van der Waals surface area contributed by atoms with Crippen molar-refractivity contribution < 1.29 is 24.0 Å². The van der Waals surface area contributed by atoms with E-state index in [-0.39, 0.29) is 18.0 Å². The SMILES string of the molecule is CCOC(=O)C(C)(C)C(=O)Oc1ccccc1[N+](=O)[O-]. The molecule has 7 heteroatoms. The topological polar surface area (TPSA) is 95.7 Å². The summed E-state index contributed by atoms with van der Waals surface area (Å²) in [5.74, 6) is -1.87. The van der Waals surface area contributed by atoms with E-state index in [0.29, 0.717) is 0 Å². The van der Waals surface area contributed by atoms with Crippen LogP contribution in [0.1, 0.15) is 20.8 Å². The summed E-state index contributed by atoms with van der Waals surface area (Å²) in [7, 11) is 0. The number of nitro groups is 1. The maximum atomic E-state index is 12.0. The molecule has 0 aliphatic heterocycles. The molecular weight excluding hydrogens is 266 g/mol. The van der Waals surface area contributed by atoms with Gasteiger partial charge in [0, 0.05) is 6.07 Å². The number of carbonyl (C=O) groups is 2. The highest BCUT2D eigenvalue weighted by atomic mass is 16.6. The van der Waals surface area contributed by atoms with E-state index in [9.17, 15) is 19.7 Å². The largest absolute Gasteiger partial charge is 0.465 e. The molecule has 20 heavy (non-hydrogen) atoms. The van der Waals surface area contributed by atoms with E-state index in [0.717, 1.165) is 0 Å². The van der Waals surface area contributed by atoms with Gasteiger partial charge in [-0.15, -0.1) is 0 Å². The van der Waals surface area contributed by atoms with E-state index >= 15 is 0 Å². The van der Waals surface area contributed by atoms with Crippen molar-refractivity contribution in [1.82, 2.24) is 0 Å². The van der Waals surface area contributed by atoms with E-state index in [1.54, 1.807) is 6.92 Å². The molecule has 108 valence electrons. The summed E-state index contributed by atoms with van der Waals surface area (Å²) in [6.07, 6.45) is 0. The van der Waals surface area contributed by atoms with Crippen LogP contribution in [0, 0.1) is 15.5 Å². The minimum absolute atomic E-state index is 0.126. The first kappa shape index (κ1) is 15.6. The highest BCUT2D eigenvalue weighted by molar-refractivity contribution is 6.00. The third-order valence-corrected chi connectivity index (χ3v) is 2.56. The number of carbonyl (C=O) groups excluding carboxylic acids is 2. The summed E-state index contributed by atoms with van der Waals surface area (Å²) in [6, 6.07) is 5.44. The summed E-state index contributed by atoms with van der Waals surface area (Å²) in [4.78, 5) is 33.8. The molecule has 0 N–H and O–H groups in total. The van der Waals surface area contributed by atoms with Crippen molar-refractivity contribution in [2.45, 2.75) is 20.8 Å². The molecule has 0 radical (unpaired) electrons. The molecule has 7 nitrogen and oxygen atoms in total. The number of rotatable bonds is 5. The maximum Gasteiger partial charge on any atom is 0.328 e. The Hall–Kier alpha value is -2.44. The molecule has 0 atom stereocenters. The van der Waals surface area contributed by atoms with Gasteiger partial charge < -0.3 is 9.47 Å². The smallest absolute Gasteiger partial charge is 0.328 e. The lowest BCUT2D eigenvalue weighted by atomic mass is 9.94. The molecule has 1 aromatic carbocycles. The lowest BCUT2D eigenvalue weighted by Gasteiger charge is -2.19. The van der Waals surface area contributed by atoms with Crippen molar-refractivity contribution in [3.8, 4) is 5.75 Å².